The van der Waals surface area contributed by atoms with Gasteiger partial charge in [-0.1, -0.05) is 146 Å². The summed E-state index contributed by atoms with van der Waals surface area (Å²) in [7, 11) is 0. The van der Waals surface area contributed by atoms with Crippen molar-refractivity contribution in [3.8, 4) is 66.8 Å². The minimum absolute atomic E-state index is 1.13. The lowest BCUT2D eigenvalue weighted by molar-refractivity contribution is 1.28. The lowest BCUT2D eigenvalue weighted by Gasteiger charge is -2.32. The third-order valence-corrected chi connectivity index (χ3v) is 9.95. The van der Waals surface area contributed by atoms with E-state index < -0.39 is 0 Å². The van der Waals surface area contributed by atoms with Gasteiger partial charge in [0.15, 0.2) is 0 Å². The van der Waals surface area contributed by atoms with Gasteiger partial charge in [-0.05, 0) is 91.2 Å². The van der Waals surface area contributed by atoms with Gasteiger partial charge in [0.25, 0.3) is 0 Å². The van der Waals surface area contributed by atoms with Gasteiger partial charge in [0.1, 0.15) is 0 Å². The summed E-state index contributed by atoms with van der Waals surface area (Å²) in [5.74, 6) is 0. The van der Waals surface area contributed by atoms with Gasteiger partial charge in [-0.15, -0.1) is 0 Å². The van der Waals surface area contributed by atoms with Crippen molar-refractivity contribution in [1.29, 1.82) is 0 Å². The number of hydrogen-bond donors (Lipinski definition) is 0. The van der Waals surface area contributed by atoms with E-state index >= 15 is 0 Å². The predicted molar refractivity (Wildman–Crippen MR) is 198 cm³/mol. The molecule has 47 heavy (non-hydrogen) atoms. The summed E-state index contributed by atoms with van der Waals surface area (Å²) in [5.41, 5.74) is 18.8. The molecule has 0 radical (unpaired) electrons. The highest BCUT2D eigenvalue weighted by molar-refractivity contribution is 6.17. The third-order valence-electron chi connectivity index (χ3n) is 9.95. The SMILES string of the molecule is c1ccc(N(c2ccccc2-c2ccc3ccccc3c2)c2cccc3c2-c2c4cccc2-c2cccc-3c2-c2ccccc2-4)cc1. The molecule has 0 aliphatic heterocycles. The first-order valence-electron chi connectivity index (χ1n) is 16.3. The molecule has 1 heteroatoms. The fourth-order valence-electron chi connectivity index (χ4n) is 7.97. The summed E-state index contributed by atoms with van der Waals surface area (Å²) in [4.78, 5) is 2.48. The van der Waals surface area contributed by atoms with E-state index in [-0.39, 0.29) is 0 Å². The molecule has 218 valence electrons. The van der Waals surface area contributed by atoms with Crippen molar-refractivity contribution >= 4 is 27.8 Å². The van der Waals surface area contributed by atoms with Gasteiger partial charge in [0.2, 0.25) is 0 Å². The van der Waals surface area contributed by atoms with Crippen molar-refractivity contribution in [3.05, 3.63) is 176 Å². The fourth-order valence-corrected chi connectivity index (χ4v) is 7.97. The van der Waals surface area contributed by atoms with Crippen molar-refractivity contribution in [2.75, 3.05) is 4.90 Å². The molecule has 10 rings (SSSR count). The Morgan fingerprint density at radius 1 is 0.277 bits per heavy atom. The van der Waals surface area contributed by atoms with Crippen LogP contribution in [0, 0.1) is 0 Å². The Balaban J connectivity index is 1.31. The van der Waals surface area contributed by atoms with E-state index in [9.17, 15) is 0 Å². The Morgan fingerprint density at radius 3 is 1.55 bits per heavy atom. The average Bonchev–Trinajstić information content (AvgIpc) is 3.25. The van der Waals surface area contributed by atoms with Gasteiger partial charge < -0.3 is 4.90 Å². The van der Waals surface area contributed by atoms with E-state index in [4.69, 9.17) is 0 Å². The molecule has 2 aliphatic rings. The molecule has 0 heterocycles. The van der Waals surface area contributed by atoms with Gasteiger partial charge >= 0.3 is 0 Å². The smallest absolute Gasteiger partial charge is 0.0546 e. The molecule has 8 aromatic carbocycles. The van der Waals surface area contributed by atoms with Crippen molar-refractivity contribution in [1.82, 2.24) is 0 Å². The van der Waals surface area contributed by atoms with Crippen molar-refractivity contribution in [3.63, 3.8) is 0 Å². The zero-order valence-electron chi connectivity index (χ0n) is 25.7. The lowest BCUT2D eigenvalue weighted by Crippen LogP contribution is -2.13. The maximum Gasteiger partial charge on any atom is 0.0546 e. The molecule has 0 amide bonds. The second kappa shape index (κ2) is 10.2. The van der Waals surface area contributed by atoms with E-state index in [0.717, 1.165) is 11.4 Å². The Hall–Kier alpha value is -6.18. The Kier molecular flexibility index (Phi) is 5.64. The van der Waals surface area contributed by atoms with Crippen molar-refractivity contribution in [2.24, 2.45) is 0 Å². The summed E-state index contributed by atoms with van der Waals surface area (Å²) in [6.07, 6.45) is 0. The molecule has 0 aromatic heterocycles. The molecule has 0 unspecified atom stereocenters. The van der Waals surface area contributed by atoms with Crippen molar-refractivity contribution in [2.45, 2.75) is 0 Å². The first-order valence-corrected chi connectivity index (χ1v) is 16.3. The van der Waals surface area contributed by atoms with Crippen LogP contribution >= 0.6 is 0 Å². The van der Waals surface area contributed by atoms with Crippen LogP contribution in [0.4, 0.5) is 17.1 Å². The highest BCUT2D eigenvalue weighted by Crippen LogP contribution is 2.60. The number of fused-ring (bicyclic) bond motifs is 5. The van der Waals surface area contributed by atoms with Gasteiger partial charge in [-0.25, -0.2) is 0 Å². The maximum absolute atomic E-state index is 2.48. The monoisotopic (exact) mass is 595 g/mol. The maximum atomic E-state index is 2.48. The standard InChI is InChI=1S/C46H29N/c1-2-15-33(16-3-1)47(42-25-9-8-17-34(42)32-28-27-30-13-4-5-14-31(30)29-32)43-26-12-24-41-39-22-11-21-38-40-23-10-20-37(45(40)46(41)43)35-18-6-7-19-36(35)44(38)39/h1-29H. The predicted octanol–water partition coefficient (Wildman–Crippen LogP) is 12.9. The van der Waals surface area contributed by atoms with Gasteiger partial charge in [0, 0.05) is 22.4 Å². The van der Waals surface area contributed by atoms with Crippen molar-refractivity contribution < 1.29 is 0 Å². The van der Waals surface area contributed by atoms with Crippen LogP contribution in [0.3, 0.4) is 0 Å². The molecule has 0 atom stereocenters. The van der Waals surface area contributed by atoms with Crippen LogP contribution in [0.5, 0.6) is 0 Å². The number of para-hydroxylation sites is 2. The van der Waals surface area contributed by atoms with Crippen LogP contribution in [0.2, 0.25) is 0 Å². The highest BCUT2D eigenvalue weighted by atomic mass is 15.1. The number of rotatable bonds is 4. The molecule has 0 fully saturated rings. The van der Waals surface area contributed by atoms with Crippen LogP contribution in [0.1, 0.15) is 0 Å². The number of benzene rings is 8. The molecule has 8 aromatic rings. The minimum atomic E-state index is 1.13. The molecule has 6 bridgehead atoms. The van der Waals surface area contributed by atoms with Gasteiger partial charge in [-0.2, -0.15) is 0 Å². The normalized spacial score (nSPS) is 11.8. The second-order valence-corrected chi connectivity index (χ2v) is 12.5. The first-order chi connectivity index (χ1) is 23.3. The molecular formula is C46H29N. The Bertz CT molecular complexity index is 2500. The summed E-state index contributed by atoms with van der Waals surface area (Å²) in [6, 6.07) is 64.6. The topological polar surface area (TPSA) is 3.24 Å². The van der Waals surface area contributed by atoms with E-state index in [1.165, 1.54) is 83.2 Å². The largest absolute Gasteiger partial charge is 0.309 e. The average molecular weight is 596 g/mol. The zero-order chi connectivity index (χ0) is 30.9. The molecular weight excluding hydrogens is 567 g/mol. The quantitative estimate of drug-likeness (QED) is 0.196. The van der Waals surface area contributed by atoms with Crippen LogP contribution in [0.25, 0.3) is 77.5 Å². The molecule has 1 nitrogen and oxygen atoms in total. The first kappa shape index (κ1) is 26.1. The van der Waals surface area contributed by atoms with E-state index in [1.807, 2.05) is 0 Å². The summed E-state index contributed by atoms with van der Waals surface area (Å²) < 4.78 is 0. The molecule has 0 N–H and O–H groups in total. The Labute approximate surface area is 274 Å². The zero-order valence-corrected chi connectivity index (χ0v) is 25.7. The number of anilines is 3. The summed E-state index contributed by atoms with van der Waals surface area (Å²) in [6.45, 7) is 0. The highest BCUT2D eigenvalue weighted by Gasteiger charge is 2.33. The minimum Gasteiger partial charge on any atom is -0.309 e. The molecule has 0 saturated carbocycles. The van der Waals surface area contributed by atoms with E-state index in [0.29, 0.717) is 0 Å². The lowest BCUT2D eigenvalue weighted by atomic mass is 9.82. The second-order valence-electron chi connectivity index (χ2n) is 12.5. The third kappa shape index (κ3) is 3.84. The Morgan fingerprint density at radius 2 is 0.787 bits per heavy atom. The van der Waals surface area contributed by atoms with Gasteiger partial charge in [-0.3, -0.25) is 0 Å². The summed E-state index contributed by atoms with van der Waals surface area (Å²) in [5, 5.41) is 2.49. The van der Waals surface area contributed by atoms with Crippen LogP contribution in [-0.2, 0) is 0 Å². The van der Waals surface area contributed by atoms with E-state index in [1.54, 1.807) is 0 Å². The van der Waals surface area contributed by atoms with Gasteiger partial charge in [0.05, 0.1) is 11.4 Å². The molecule has 0 spiro atoms. The van der Waals surface area contributed by atoms with Crippen LogP contribution in [-0.4, -0.2) is 0 Å². The molecule has 0 saturated heterocycles. The van der Waals surface area contributed by atoms with Crippen LogP contribution < -0.4 is 4.90 Å². The van der Waals surface area contributed by atoms with Crippen LogP contribution in [0.15, 0.2) is 176 Å². The van der Waals surface area contributed by atoms with E-state index in [2.05, 4.69) is 181 Å². The number of hydrogen-bond acceptors (Lipinski definition) is 1. The number of nitrogens with zero attached hydrogens (tertiary/aromatic N) is 1. The molecule has 2 aliphatic carbocycles. The fraction of sp³-hybridized carbons (Fsp3) is 0. The summed E-state index contributed by atoms with van der Waals surface area (Å²) >= 11 is 0.